The van der Waals surface area contributed by atoms with Crippen LogP contribution in [0.3, 0.4) is 0 Å². The first-order valence-electron chi connectivity index (χ1n) is 4.15. The third kappa shape index (κ3) is 6.93. The van der Waals surface area contributed by atoms with Crippen molar-refractivity contribution in [1.82, 2.24) is 0 Å². The van der Waals surface area contributed by atoms with Gasteiger partial charge in [0.15, 0.2) is 0 Å². The monoisotopic (exact) mass is 257 g/mol. The fourth-order valence-electron chi connectivity index (χ4n) is 1.18. The van der Waals surface area contributed by atoms with E-state index >= 15 is 0 Å². The Morgan fingerprint density at radius 1 is 0.706 bits per heavy atom. The van der Waals surface area contributed by atoms with Gasteiger partial charge in [0.1, 0.15) is 0 Å². The Kier molecular flexibility index (Phi) is 8.63. The molecule has 9 heteroatoms. The standard InChI is InChI=1S/C8H10O8.Na/c9-5(10)1-3(7(13)14)4(8(15)16)2-6(11)12;/h3-4H,1-2H2,(H,9,10)(H,11,12)(H,13,14)(H,15,16);. The number of carboxylic acid groups (broad SMARTS) is 4. The van der Waals surface area contributed by atoms with Crippen molar-refractivity contribution < 1.29 is 39.6 Å². The molecule has 0 saturated heterocycles. The summed E-state index contributed by atoms with van der Waals surface area (Å²) in [7, 11) is 0. The van der Waals surface area contributed by atoms with Gasteiger partial charge in [0, 0.05) is 29.6 Å². The van der Waals surface area contributed by atoms with Gasteiger partial charge in [-0.25, -0.2) is 0 Å². The van der Waals surface area contributed by atoms with Crippen molar-refractivity contribution in [2.45, 2.75) is 12.8 Å². The van der Waals surface area contributed by atoms with Crippen molar-refractivity contribution in [3.05, 3.63) is 0 Å². The molecule has 0 aromatic carbocycles. The maximum absolute atomic E-state index is 10.6. The van der Waals surface area contributed by atoms with Crippen molar-refractivity contribution in [1.29, 1.82) is 0 Å². The second-order valence-electron chi connectivity index (χ2n) is 3.09. The van der Waals surface area contributed by atoms with E-state index in [1.165, 1.54) is 0 Å². The third-order valence-electron chi connectivity index (χ3n) is 1.91. The van der Waals surface area contributed by atoms with Crippen LogP contribution in [0.4, 0.5) is 0 Å². The van der Waals surface area contributed by atoms with Crippen LogP contribution in [-0.4, -0.2) is 73.9 Å². The molecule has 0 heterocycles. The zero-order valence-electron chi connectivity index (χ0n) is 8.99. The van der Waals surface area contributed by atoms with Gasteiger partial charge in [-0.1, -0.05) is 0 Å². The fraction of sp³-hybridized carbons (Fsp3) is 0.500. The summed E-state index contributed by atoms with van der Waals surface area (Å²) in [5.41, 5.74) is 0. The largest absolute Gasteiger partial charge is 0.481 e. The van der Waals surface area contributed by atoms with Gasteiger partial charge in [0.05, 0.1) is 24.7 Å². The quantitative estimate of drug-likeness (QED) is 0.422. The molecule has 17 heavy (non-hydrogen) atoms. The van der Waals surface area contributed by atoms with Crippen LogP contribution in [0.15, 0.2) is 0 Å². The summed E-state index contributed by atoms with van der Waals surface area (Å²) >= 11 is 0. The first-order chi connectivity index (χ1) is 7.25. The third-order valence-corrected chi connectivity index (χ3v) is 1.91. The molecule has 2 unspecified atom stereocenters. The predicted molar refractivity (Wildman–Crippen MR) is 52.5 cm³/mol. The topological polar surface area (TPSA) is 149 Å². The minimum atomic E-state index is -1.76. The molecule has 91 valence electrons. The van der Waals surface area contributed by atoms with Gasteiger partial charge in [0.2, 0.25) is 0 Å². The van der Waals surface area contributed by atoms with E-state index in [9.17, 15) is 19.2 Å². The number of rotatable bonds is 7. The summed E-state index contributed by atoms with van der Waals surface area (Å²) in [6.07, 6.45) is -1.86. The van der Waals surface area contributed by atoms with Crippen molar-refractivity contribution in [3.63, 3.8) is 0 Å². The maximum Gasteiger partial charge on any atom is 0.307 e. The molecular formula is C8H10NaO8. The van der Waals surface area contributed by atoms with Gasteiger partial charge in [0.25, 0.3) is 0 Å². The number of carbonyl (C=O) groups is 4. The molecule has 4 N–H and O–H groups in total. The number of hydrogen-bond donors (Lipinski definition) is 4. The van der Waals surface area contributed by atoms with Gasteiger partial charge < -0.3 is 20.4 Å². The van der Waals surface area contributed by atoms with Crippen molar-refractivity contribution in [2.75, 3.05) is 0 Å². The van der Waals surface area contributed by atoms with E-state index < -0.39 is 48.6 Å². The molecule has 1 radical (unpaired) electrons. The molecule has 0 bridgehead atoms. The Hall–Kier alpha value is -1.12. The Morgan fingerprint density at radius 3 is 1.06 bits per heavy atom. The second-order valence-corrected chi connectivity index (χ2v) is 3.09. The molecule has 0 fully saturated rings. The SMILES string of the molecule is O=C(O)CC(C(=O)O)C(CC(=O)O)C(=O)O.[Na]. The minimum absolute atomic E-state index is 0. The first kappa shape index (κ1) is 18.3. The molecule has 0 saturated carbocycles. The van der Waals surface area contributed by atoms with Gasteiger partial charge in [-0.2, -0.15) is 0 Å². The molecule has 0 aliphatic heterocycles. The molecule has 8 nitrogen and oxygen atoms in total. The Balaban J connectivity index is 0. The van der Waals surface area contributed by atoms with Crippen LogP contribution in [0.2, 0.25) is 0 Å². The van der Waals surface area contributed by atoms with Crippen molar-refractivity contribution in [3.8, 4) is 0 Å². The zero-order chi connectivity index (χ0) is 12.9. The predicted octanol–water partition coefficient (Wildman–Crippen LogP) is -1.04. The van der Waals surface area contributed by atoms with Crippen LogP contribution in [0.25, 0.3) is 0 Å². The number of hydrogen-bond acceptors (Lipinski definition) is 4. The smallest absolute Gasteiger partial charge is 0.307 e. The van der Waals surface area contributed by atoms with Gasteiger partial charge in [-0.15, -0.1) is 0 Å². The van der Waals surface area contributed by atoms with Gasteiger partial charge >= 0.3 is 23.9 Å². The minimum Gasteiger partial charge on any atom is -0.481 e. The normalized spacial score (nSPS) is 12.9. The molecule has 0 aliphatic carbocycles. The molecule has 2 atom stereocenters. The molecule has 0 amide bonds. The summed E-state index contributed by atoms with van der Waals surface area (Å²) in [5.74, 6) is -9.79. The van der Waals surface area contributed by atoms with Crippen LogP contribution in [-0.2, 0) is 19.2 Å². The molecule has 0 aromatic heterocycles. The molecule has 0 spiro atoms. The molecular weight excluding hydrogens is 247 g/mol. The van der Waals surface area contributed by atoms with E-state index in [0.29, 0.717) is 0 Å². The van der Waals surface area contributed by atoms with E-state index in [1.807, 2.05) is 0 Å². The van der Waals surface area contributed by atoms with E-state index in [1.54, 1.807) is 0 Å². The Bertz CT molecular complexity index is 293. The maximum atomic E-state index is 10.6. The van der Waals surface area contributed by atoms with E-state index in [2.05, 4.69) is 0 Å². The van der Waals surface area contributed by atoms with Crippen LogP contribution >= 0.6 is 0 Å². The first-order valence-corrected chi connectivity index (χ1v) is 4.15. The van der Waals surface area contributed by atoms with Crippen LogP contribution < -0.4 is 0 Å². The average Bonchev–Trinajstić information content (AvgIpc) is 2.09. The van der Waals surface area contributed by atoms with E-state index in [0.717, 1.165) is 0 Å². The van der Waals surface area contributed by atoms with E-state index in [4.69, 9.17) is 20.4 Å². The number of carboxylic acids is 4. The molecule has 0 rings (SSSR count). The zero-order valence-corrected chi connectivity index (χ0v) is 11.0. The van der Waals surface area contributed by atoms with Gasteiger partial charge in [-0.05, 0) is 0 Å². The Labute approximate surface area is 118 Å². The van der Waals surface area contributed by atoms with Crippen molar-refractivity contribution in [2.24, 2.45) is 11.8 Å². The fourth-order valence-corrected chi connectivity index (χ4v) is 1.18. The summed E-state index contributed by atoms with van der Waals surface area (Å²) in [6, 6.07) is 0. The average molecular weight is 257 g/mol. The van der Waals surface area contributed by atoms with Crippen LogP contribution in [0, 0.1) is 11.8 Å². The van der Waals surface area contributed by atoms with Crippen LogP contribution in [0.1, 0.15) is 12.8 Å². The van der Waals surface area contributed by atoms with Gasteiger partial charge in [-0.3, -0.25) is 19.2 Å². The van der Waals surface area contributed by atoms with Crippen LogP contribution in [0.5, 0.6) is 0 Å². The summed E-state index contributed by atoms with van der Waals surface area (Å²) in [4.78, 5) is 41.9. The second kappa shape index (κ2) is 8.04. The van der Waals surface area contributed by atoms with E-state index in [-0.39, 0.29) is 29.6 Å². The Morgan fingerprint density at radius 2 is 0.941 bits per heavy atom. The number of aliphatic carboxylic acids is 4. The summed E-state index contributed by atoms with van der Waals surface area (Å²) < 4.78 is 0. The van der Waals surface area contributed by atoms with Crippen molar-refractivity contribution >= 4 is 53.4 Å². The summed E-state index contributed by atoms with van der Waals surface area (Å²) in [5, 5.41) is 34.1. The molecule has 0 aliphatic rings. The molecule has 0 aromatic rings. The summed E-state index contributed by atoms with van der Waals surface area (Å²) in [6.45, 7) is 0.